The Balaban J connectivity index is 2.39. The fraction of sp³-hybridized carbons (Fsp3) is 0.250. The summed E-state index contributed by atoms with van der Waals surface area (Å²) in [6.45, 7) is 8.21. The van der Waals surface area contributed by atoms with Gasteiger partial charge >= 0.3 is 0 Å². The summed E-state index contributed by atoms with van der Waals surface area (Å²) in [5.74, 6) is -2.30. The molecule has 3 nitrogen and oxygen atoms in total. The molecule has 0 saturated heterocycles. The van der Waals surface area contributed by atoms with E-state index < -0.39 is 17.3 Å². The van der Waals surface area contributed by atoms with Crippen LogP contribution in [-0.2, 0) is 10.3 Å². The molecule has 0 saturated carbocycles. The third kappa shape index (κ3) is 3.22. The number of rotatable bonds is 4. The van der Waals surface area contributed by atoms with E-state index in [0.717, 1.165) is 4.88 Å². The molecule has 0 radical (unpaired) electrons. The Bertz CT molecular complexity index is 737. The Kier molecular flexibility index (Phi) is 4.42. The molecule has 0 atom stereocenters. The molecule has 2 aromatic rings. The minimum absolute atomic E-state index is 0.360. The van der Waals surface area contributed by atoms with Crippen molar-refractivity contribution in [2.45, 2.75) is 26.3 Å². The lowest BCUT2D eigenvalue weighted by Gasteiger charge is -2.23. The molecule has 2 rings (SSSR count). The van der Waals surface area contributed by atoms with Crippen molar-refractivity contribution in [1.29, 1.82) is 0 Å². The molecule has 0 bridgehead atoms. The Labute approximate surface area is 131 Å². The van der Waals surface area contributed by atoms with Crippen molar-refractivity contribution in [2.24, 2.45) is 0 Å². The molecule has 0 aliphatic rings. The lowest BCUT2D eigenvalue weighted by molar-refractivity contribution is -0.120. The van der Waals surface area contributed by atoms with Crippen LogP contribution in [0.3, 0.4) is 0 Å². The zero-order valence-electron chi connectivity index (χ0n) is 12.5. The number of carbonyl (C=O) groups excluding carboxylic acids is 1. The maximum absolute atomic E-state index is 13.9. The van der Waals surface area contributed by atoms with E-state index in [0.29, 0.717) is 16.3 Å². The molecule has 0 spiro atoms. The summed E-state index contributed by atoms with van der Waals surface area (Å²) in [6, 6.07) is 6.36. The first-order chi connectivity index (χ1) is 10.2. The second kappa shape index (κ2) is 5.96. The maximum atomic E-state index is 13.9. The van der Waals surface area contributed by atoms with Crippen LogP contribution in [0.1, 0.15) is 23.7 Å². The molecule has 0 unspecified atom stereocenters. The average molecular weight is 322 g/mol. The van der Waals surface area contributed by atoms with Crippen molar-refractivity contribution in [3.63, 3.8) is 0 Å². The summed E-state index contributed by atoms with van der Waals surface area (Å²) in [5.41, 5.74) is 0.0458. The Morgan fingerprint density at radius 2 is 2.00 bits per heavy atom. The fourth-order valence-electron chi connectivity index (χ4n) is 1.97. The number of nitrogens with zero attached hydrogens (tertiary/aromatic N) is 1. The van der Waals surface area contributed by atoms with E-state index in [9.17, 15) is 13.6 Å². The van der Waals surface area contributed by atoms with Crippen LogP contribution in [0.4, 0.5) is 8.78 Å². The monoisotopic (exact) mass is 322 g/mol. The van der Waals surface area contributed by atoms with E-state index in [2.05, 4.69) is 16.9 Å². The van der Waals surface area contributed by atoms with Gasteiger partial charge in [-0.3, -0.25) is 4.79 Å². The number of hydrogen-bond acceptors (Lipinski definition) is 3. The molecule has 1 aromatic heterocycles. The summed E-state index contributed by atoms with van der Waals surface area (Å²) >= 11 is 1.33. The number of carbonyl (C=O) groups is 1. The highest BCUT2D eigenvalue weighted by Crippen LogP contribution is 2.34. The molecule has 0 aliphatic carbocycles. The van der Waals surface area contributed by atoms with Crippen LogP contribution in [0.2, 0.25) is 0 Å². The van der Waals surface area contributed by atoms with Crippen molar-refractivity contribution in [2.75, 3.05) is 0 Å². The molecule has 1 heterocycles. The van der Waals surface area contributed by atoms with Gasteiger partial charge < -0.3 is 5.32 Å². The molecule has 1 N–H and O–H groups in total. The van der Waals surface area contributed by atoms with E-state index in [1.807, 2.05) is 6.92 Å². The number of thiazole rings is 1. The molecular formula is C16H16F2N2OS. The van der Waals surface area contributed by atoms with E-state index >= 15 is 0 Å². The van der Waals surface area contributed by atoms with Gasteiger partial charge in [0, 0.05) is 10.4 Å². The SMILES string of the molecule is C=C(F)C(=O)NC(C)(C)c1nc(-c2ccccc2F)c(C)s1. The Hall–Kier alpha value is -2.08. The first-order valence-electron chi connectivity index (χ1n) is 6.62. The lowest BCUT2D eigenvalue weighted by atomic mass is 10.1. The molecule has 0 aliphatic heterocycles. The first-order valence-corrected chi connectivity index (χ1v) is 7.43. The van der Waals surface area contributed by atoms with E-state index in [1.54, 1.807) is 32.0 Å². The highest BCUT2D eigenvalue weighted by atomic mass is 32.1. The molecule has 22 heavy (non-hydrogen) atoms. The summed E-state index contributed by atoms with van der Waals surface area (Å²) in [5, 5.41) is 3.09. The summed E-state index contributed by atoms with van der Waals surface area (Å²) in [7, 11) is 0. The third-order valence-electron chi connectivity index (χ3n) is 3.13. The third-order valence-corrected chi connectivity index (χ3v) is 4.43. The number of nitrogens with one attached hydrogen (secondary N) is 1. The van der Waals surface area contributed by atoms with Gasteiger partial charge in [0.15, 0.2) is 5.83 Å². The Morgan fingerprint density at radius 1 is 1.36 bits per heavy atom. The fourth-order valence-corrected chi connectivity index (χ4v) is 2.96. The summed E-state index contributed by atoms with van der Waals surface area (Å²) < 4.78 is 26.8. The highest BCUT2D eigenvalue weighted by Gasteiger charge is 2.29. The molecule has 1 amide bonds. The van der Waals surface area contributed by atoms with E-state index in [1.165, 1.54) is 17.4 Å². The standard InChI is InChI=1S/C16H16F2N2OS/c1-9(17)14(21)20-16(3,4)15-19-13(10(2)22-15)11-7-5-6-8-12(11)18/h5-8H,1H2,2-4H3,(H,20,21). The number of aryl methyl sites for hydroxylation is 1. The van der Waals surface area contributed by atoms with Gasteiger partial charge in [-0.05, 0) is 32.9 Å². The van der Waals surface area contributed by atoms with E-state index in [4.69, 9.17) is 0 Å². The van der Waals surface area contributed by atoms with Crippen LogP contribution in [-0.4, -0.2) is 10.9 Å². The largest absolute Gasteiger partial charge is 0.339 e. The maximum Gasteiger partial charge on any atom is 0.280 e. The molecule has 6 heteroatoms. The van der Waals surface area contributed by atoms with Gasteiger partial charge in [0.25, 0.3) is 5.91 Å². The van der Waals surface area contributed by atoms with Crippen LogP contribution < -0.4 is 5.32 Å². The van der Waals surface area contributed by atoms with Gasteiger partial charge in [-0.15, -0.1) is 11.3 Å². The van der Waals surface area contributed by atoms with Crippen LogP contribution in [0, 0.1) is 12.7 Å². The van der Waals surface area contributed by atoms with Crippen LogP contribution in [0.5, 0.6) is 0 Å². The second-order valence-electron chi connectivity index (χ2n) is 5.39. The molecular weight excluding hydrogens is 306 g/mol. The number of benzene rings is 1. The van der Waals surface area contributed by atoms with Crippen molar-refractivity contribution in [1.82, 2.24) is 10.3 Å². The minimum Gasteiger partial charge on any atom is -0.339 e. The average Bonchev–Trinajstić information content (AvgIpc) is 2.81. The summed E-state index contributed by atoms with van der Waals surface area (Å²) in [6.07, 6.45) is 0. The Morgan fingerprint density at radius 3 is 2.59 bits per heavy atom. The van der Waals surface area contributed by atoms with Crippen molar-refractivity contribution < 1.29 is 13.6 Å². The number of amides is 1. The number of aromatic nitrogens is 1. The molecule has 116 valence electrons. The van der Waals surface area contributed by atoms with Crippen LogP contribution >= 0.6 is 11.3 Å². The highest BCUT2D eigenvalue weighted by molar-refractivity contribution is 7.12. The normalized spacial score (nSPS) is 11.3. The van der Waals surface area contributed by atoms with E-state index in [-0.39, 0.29) is 5.82 Å². The van der Waals surface area contributed by atoms with Crippen LogP contribution in [0.25, 0.3) is 11.3 Å². The quantitative estimate of drug-likeness (QED) is 0.861. The predicted molar refractivity (Wildman–Crippen MR) is 83.7 cm³/mol. The summed E-state index contributed by atoms with van der Waals surface area (Å²) in [4.78, 5) is 16.7. The minimum atomic E-state index is -1.06. The van der Waals surface area contributed by atoms with Gasteiger partial charge in [0.2, 0.25) is 0 Å². The number of hydrogen-bond donors (Lipinski definition) is 1. The molecule has 1 aromatic carbocycles. The zero-order valence-corrected chi connectivity index (χ0v) is 13.4. The van der Waals surface area contributed by atoms with Crippen LogP contribution in [0.15, 0.2) is 36.7 Å². The second-order valence-corrected chi connectivity index (χ2v) is 6.59. The smallest absolute Gasteiger partial charge is 0.280 e. The van der Waals surface area contributed by atoms with Gasteiger partial charge in [0.05, 0.1) is 11.2 Å². The lowest BCUT2D eigenvalue weighted by Crippen LogP contribution is -2.41. The van der Waals surface area contributed by atoms with Crippen molar-refractivity contribution in [3.05, 3.63) is 52.4 Å². The predicted octanol–water partition coefficient (Wildman–Crippen LogP) is 4.09. The molecule has 0 fully saturated rings. The van der Waals surface area contributed by atoms with Gasteiger partial charge in [-0.2, -0.15) is 0 Å². The topological polar surface area (TPSA) is 42.0 Å². The van der Waals surface area contributed by atoms with Gasteiger partial charge in [-0.1, -0.05) is 18.7 Å². The van der Waals surface area contributed by atoms with Gasteiger partial charge in [-0.25, -0.2) is 13.8 Å². The number of halogens is 2. The first kappa shape index (κ1) is 16.3. The zero-order chi connectivity index (χ0) is 16.5. The van der Waals surface area contributed by atoms with Crippen molar-refractivity contribution in [3.8, 4) is 11.3 Å². The van der Waals surface area contributed by atoms with Gasteiger partial charge in [0.1, 0.15) is 10.8 Å². The van der Waals surface area contributed by atoms with Crippen molar-refractivity contribution >= 4 is 17.2 Å².